The maximum atomic E-state index is 12.6. The Hall–Kier alpha value is -3.70. The number of nitrogens with one attached hydrogen (secondary N) is 1. The number of halogens is 3. The van der Waals surface area contributed by atoms with Crippen molar-refractivity contribution >= 4 is 11.7 Å². The molecular weight excluding hydrogens is 427 g/mol. The molecule has 3 aromatic rings. The van der Waals surface area contributed by atoms with Crippen LogP contribution in [-0.2, 0) is 11.3 Å². The second-order valence-electron chi connectivity index (χ2n) is 7.21. The first kappa shape index (κ1) is 21.5. The second-order valence-corrected chi connectivity index (χ2v) is 7.21. The number of benzene rings is 1. The Labute approximate surface area is 181 Å². The monoisotopic (exact) mass is 447 g/mol. The molecule has 32 heavy (non-hydrogen) atoms. The molecule has 4 rings (SSSR count). The molecule has 1 amide bonds. The number of ether oxygens (including phenoxy) is 1. The van der Waals surface area contributed by atoms with Crippen molar-refractivity contribution in [2.24, 2.45) is 5.92 Å². The fourth-order valence-electron chi connectivity index (χ4n) is 3.53. The van der Waals surface area contributed by atoms with E-state index in [4.69, 9.17) is 0 Å². The average molecular weight is 447 g/mol. The number of nitrogens with zero attached hydrogens (tertiary/aromatic N) is 6. The smallest absolute Gasteiger partial charge is 0.405 e. The lowest BCUT2D eigenvalue weighted by Gasteiger charge is -2.32. The van der Waals surface area contributed by atoms with E-state index < -0.39 is 6.36 Å². The lowest BCUT2D eigenvalue weighted by molar-refractivity contribution is -0.274. The molecule has 0 atom stereocenters. The predicted molar refractivity (Wildman–Crippen MR) is 107 cm³/mol. The van der Waals surface area contributed by atoms with Crippen molar-refractivity contribution < 1.29 is 22.7 Å². The zero-order chi connectivity index (χ0) is 22.6. The summed E-state index contributed by atoms with van der Waals surface area (Å²) in [5, 5.41) is 6.78. The minimum Gasteiger partial charge on any atom is -0.405 e. The fourth-order valence-corrected chi connectivity index (χ4v) is 3.53. The number of alkyl halides is 3. The van der Waals surface area contributed by atoms with Crippen LogP contribution in [0.4, 0.5) is 19.0 Å². The summed E-state index contributed by atoms with van der Waals surface area (Å²) >= 11 is 0. The summed E-state index contributed by atoms with van der Waals surface area (Å²) in [4.78, 5) is 27.0. The quantitative estimate of drug-likeness (QED) is 0.620. The number of carbonyl (C=O) groups excluding carboxylic acids is 1. The first-order valence-corrected chi connectivity index (χ1v) is 9.92. The van der Waals surface area contributed by atoms with Crippen LogP contribution in [0, 0.1) is 5.92 Å². The van der Waals surface area contributed by atoms with Crippen molar-refractivity contribution in [1.29, 1.82) is 0 Å². The molecular formula is C20H20F3N7O2. The van der Waals surface area contributed by atoms with Crippen LogP contribution in [0.1, 0.15) is 18.4 Å². The van der Waals surface area contributed by atoms with Gasteiger partial charge in [0.25, 0.3) is 0 Å². The van der Waals surface area contributed by atoms with Gasteiger partial charge in [-0.3, -0.25) is 4.79 Å². The van der Waals surface area contributed by atoms with E-state index in [1.165, 1.54) is 35.5 Å². The molecule has 1 fully saturated rings. The molecule has 1 aromatic carbocycles. The molecule has 0 bridgehead atoms. The molecule has 9 nitrogen and oxygen atoms in total. The lowest BCUT2D eigenvalue weighted by atomic mass is 9.96. The minimum absolute atomic E-state index is 0.0432. The molecule has 1 saturated heterocycles. The highest BCUT2D eigenvalue weighted by molar-refractivity contribution is 5.79. The van der Waals surface area contributed by atoms with E-state index in [2.05, 4.69) is 35.0 Å². The van der Waals surface area contributed by atoms with Gasteiger partial charge in [0, 0.05) is 37.2 Å². The first-order valence-electron chi connectivity index (χ1n) is 9.92. The molecule has 0 aliphatic carbocycles. The van der Waals surface area contributed by atoms with Crippen molar-refractivity contribution in [3.8, 4) is 11.6 Å². The van der Waals surface area contributed by atoms with Crippen molar-refractivity contribution in [1.82, 2.24) is 30.0 Å². The van der Waals surface area contributed by atoms with Gasteiger partial charge in [0.15, 0.2) is 5.82 Å². The molecule has 12 heteroatoms. The van der Waals surface area contributed by atoms with Gasteiger partial charge in [0.05, 0.1) is 0 Å². The third-order valence-electron chi connectivity index (χ3n) is 5.13. The summed E-state index contributed by atoms with van der Waals surface area (Å²) in [6, 6.07) is 7.56. The van der Waals surface area contributed by atoms with Crippen LogP contribution < -0.4 is 15.0 Å². The number of anilines is 1. The van der Waals surface area contributed by atoms with Gasteiger partial charge in [-0.2, -0.15) is 5.10 Å². The van der Waals surface area contributed by atoms with Crippen LogP contribution in [0.15, 0.2) is 49.3 Å². The molecule has 0 unspecified atom stereocenters. The van der Waals surface area contributed by atoms with Crippen LogP contribution in [0.5, 0.6) is 5.75 Å². The van der Waals surface area contributed by atoms with Crippen molar-refractivity contribution in [2.75, 3.05) is 18.0 Å². The van der Waals surface area contributed by atoms with Gasteiger partial charge < -0.3 is 15.0 Å². The molecule has 1 aliphatic rings. The maximum absolute atomic E-state index is 12.6. The van der Waals surface area contributed by atoms with E-state index in [1.54, 1.807) is 18.5 Å². The number of rotatable bonds is 6. The highest BCUT2D eigenvalue weighted by Gasteiger charge is 2.32. The van der Waals surface area contributed by atoms with Crippen LogP contribution in [0.2, 0.25) is 0 Å². The number of para-hydroxylation sites is 1. The summed E-state index contributed by atoms with van der Waals surface area (Å²) in [5.41, 5.74) is 0.261. The molecule has 3 heterocycles. The van der Waals surface area contributed by atoms with Crippen molar-refractivity contribution in [3.05, 3.63) is 54.9 Å². The number of carbonyl (C=O) groups is 1. The normalized spacial score (nSPS) is 14.9. The first-order chi connectivity index (χ1) is 15.4. The van der Waals surface area contributed by atoms with E-state index >= 15 is 0 Å². The summed E-state index contributed by atoms with van der Waals surface area (Å²) in [6.45, 7) is 1.18. The van der Waals surface area contributed by atoms with E-state index in [0.717, 1.165) is 5.82 Å². The second kappa shape index (κ2) is 9.20. The Morgan fingerprint density at radius 3 is 2.59 bits per heavy atom. The van der Waals surface area contributed by atoms with E-state index in [9.17, 15) is 18.0 Å². The summed E-state index contributed by atoms with van der Waals surface area (Å²) in [6.07, 6.45) is 0.803. The molecule has 0 saturated carbocycles. The van der Waals surface area contributed by atoms with Crippen molar-refractivity contribution in [3.63, 3.8) is 0 Å². The molecule has 0 radical (unpaired) electrons. The van der Waals surface area contributed by atoms with Crippen LogP contribution in [-0.4, -0.2) is 50.1 Å². The third kappa shape index (κ3) is 5.31. The summed E-state index contributed by atoms with van der Waals surface area (Å²) in [5.74, 6) is 0.563. The number of piperidine rings is 1. The third-order valence-corrected chi connectivity index (χ3v) is 5.13. The van der Waals surface area contributed by atoms with E-state index in [0.29, 0.717) is 31.7 Å². The largest absolute Gasteiger partial charge is 0.573 e. The van der Waals surface area contributed by atoms with Gasteiger partial charge in [-0.05, 0) is 18.9 Å². The topological polar surface area (TPSA) is 98.1 Å². The summed E-state index contributed by atoms with van der Waals surface area (Å²) in [7, 11) is 0. The maximum Gasteiger partial charge on any atom is 0.573 e. The Morgan fingerprint density at radius 2 is 1.88 bits per heavy atom. The van der Waals surface area contributed by atoms with E-state index in [1.807, 2.05) is 0 Å². The number of amides is 1. The van der Waals surface area contributed by atoms with Gasteiger partial charge in [-0.15, -0.1) is 13.2 Å². The fraction of sp³-hybridized carbons (Fsp3) is 0.350. The van der Waals surface area contributed by atoms with Gasteiger partial charge in [-0.25, -0.2) is 19.6 Å². The molecule has 0 spiro atoms. The van der Waals surface area contributed by atoms with E-state index in [-0.39, 0.29) is 29.7 Å². The summed E-state index contributed by atoms with van der Waals surface area (Å²) < 4.78 is 43.2. The SMILES string of the molecule is O=C(NCc1ccccc1OC(F)(F)F)C1CCN(c2cc(-n3cncn3)ncn2)CC1. The van der Waals surface area contributed by atoms with Gasteiger partial charge in [0.1, 0.15) is 30.5 Å². The Morgan fingerprint density at radius 1 is 1.12 bits per heavy atom. The van der Waals surface area contributed by atoms with Crippen LogP contribution in [0.3, 0.4) is 0 Å². The number of aromatic nitrogens is 5. The number of hydrogen-bond donors (Lipinski definition) is 1. The van der Waals surface area contributed by atoms with Crippen LogP contribution >= 0.6 is 0 Å². The Bertz CT molecular complexity index is 1050. The van der Waals surface area contributed by atoms with Gasteiger partial charge in [-0.1, -0.05) is 18.2 Å². The molecule has 1 N–H and O–H groups in total. The van der Waals surface area contributed by atoms with Gasteiger partial charge in [0.2, 0.25) is 5.91 Å². The highest BCUT2D eigenvalue weighted by Crippen LogP contribution is 2.27. The average Bonchev–Trinajstić information content (AvgIpc) is 3.33. The Balaban J connectivity index is 1.32. The molecule has 168 valence electrons. The Kier molecular flexibility index (Phi) is 6.19. The lowest BCUT2D eigenvalue weighted by Crippen LogP contribution is -2.40. The predicted octanol–water partition coefficient (Wildman–Crippen LogP) is 2.49. The number of hydrogen-bond acceptors (Lipinski definition) is 7. The minimum atomic E-state index is -4.79. The van der Waals surface area contributed by atoms with Gasteiger partial charge >= 0.3 is 6.36 Å². The van der Waals surface area contributed by atoms with Crippen LogP contribution in [0.25, 0.3) is 5.82 Å². The standard InChI is InChI=1S/C20H20F3N7O2/c21-20(22,23)32-16-4-2-1-3-15(16)10-25-19(31)14-5-7-29(8-6-14)17-9-18(27-12-26-17)30-13-24-11-28-30/h1-4,9,11-14H,5-8,10H2,(H,25,31). The van der Waals surface area contributed by atoms with Crippen molar-refractivity contribution in [2.45, 2.75) is 25.7 Å². The molecule has 1 aliphatic heterocycles. The zero-order valence-corrected chi connectivity index (χ0v) is 16.9. The highest BCUT2D eigenvalue weighted by atomic mass is 19.4. The molecule has 2 aromatic heterocycles. The zero-order valence-electron chi connectivity index (χ0n) is 16.9.